The van der Waals surface area contributed by atoms with E-state index in [9.17, 15) is 18.0 Å². The van der Waals surface area contributed by atoms with Crippen LogP contribution in [0.1, 0.15) is 31.9 Å². The maximum Gasteiger partial charge on any atom is 0.416 e. The highest BCUT2D eigenvalue weighted by Crippen LogP contribution is 2.30. The Bertz CT molecular complexity index is 897. The van der Waals surface area contributed by atoms with Gasteiger partial charge in [-0.25, -0.2) is 4.99 Å². The van der Waals surface area contributed by atoms with Crippen molar-refractivity contribution in [1.29, 1.82) is 5.41 Å². The van der Waals surface area contributed by atoms with Crippen molar-refractivity contribution < 1.29 is 27.4 Å². The normalized spacial score (nSPS) is 11.1. The van der Waals surface area contributed by atoms with Gasteiger partial charge in [-0.3, -0.25) is 10.2 Å². The van der Waals surface area contributed by atoms with E-state index < -0.39 is 23.7 Å². The Balaban J connectivity index is 0.00000233. The van der Waals surface area contributed by atoms with Gasteiger partial charge in [0.25, 0.3) is 6.02 Å². The van der Waals surface area contributed by atoms with Crippen LogP contribution < -0.4 is 11.1 Å². The number of amidine groups is 1. The number of para-hydroxylation sites is 1. The average molecular weight is 438 g/mol. The lowest BCUT2D eigenvalue weighted by Gasteiger charge is -2.14. The number of halogens is 3. The van der Waals surface area contributed by atoms with E-state index in [1.54, 1.807) is 31.2 Å². The summed E-state index contributed by atoms with van der Waals surface area (Å²) in [5.74, 6) is -0.944. The largest absolute Gasteiger partial charge is 0.465 e. The van der Waals surface area contributed by atoms with Crippen LogP contribution in [0, 0.1) is 5.41 Å². The minimum Gasteiger partial charge on any atom is -0.465 e. The Morgan fingerprint density at radius 3 is 2.32 bits per heavy atom. The summed E-state index contributed by atoms with van der Waals surface area (Å²) in [4.78, 5) is 15.0. The van der Waals surface area contributed by atoms with Gasteiger partial charge in [0.05, 0.1) is 23.4 Å². The van der Waals surface area contributed by atoms with E-state index in [-0.39, 0.29) is 19.0 Å². The van der Waals surface area contributed by atoms with Gasteiger partial charge in [0.1, 0.15) is 6.54 Å². The zero-order valence-corrected chi connectivity index (χ0v) is 17.4. The maximum absolute atomic E-state index is 12.7. The molecule has 0 amide bonds. The summed E-state index contributed by atoms with van der Waals surface area (Å²) < 4.78 is 47.9. The van der Waals surface area contributed by atoms with Crippen LogP contribution in [0.15, 0.2) is 53.5 Å². The molecule has 0 saturated heterocycles. The summed E-state index contributed by atoms with van der Waals surface area (Å²) in [7, 11) is 0. The molecule has 7 nitrogen and oxygen atoms in total. The van der Waals surface area contributed by atoms with Crippen LogP contribution in [-0.2, 0) is 20.4 Å². The quantitative estimate of drug-likeness (QED) is 0.344. The molecule has 0 radical (unpaired) electrons. The van der Waals surface area contributed by atoms with Crippen LogP contribution >= 0.6 is 0 Å². The molecule has 0 aliphatic carbocycles. The number of hydrogen-bond donors (Lipinski definition) is 3. The lowest BCUT2D eigenvalue weighted by Crippen LogP contribution is -2.23. The van der Waals surface area contributed by atoms with Crippen molar-refractivity contribution in [1.82, 2.24) is 0 Å². The standard InChI is InChI=1S/C19H19F3N4O3.C2H6/c1-2-28-16(27)11-25-18(24)29-17(23)14-5-3-4-6-15(14)26-13-9-7-12(8-10-13)19(20,21)22;1-2/h3-10,23,26H,2,11H2,1H3,(H2,24,25);1-2H3. The topological polar surface area (TPSA) is 110 Å². The second kappa shape index (κ2) is 12.2. The van der Waals surface area contributed by atoms with Crippen LogP contribution in [0.3, 0.4) is 0 Å². The van der Waals surface area contributed by atoms with Crippen LogP contribution in [0.4, 0.5) is 24.5 Å². The smallest absolute Gasteiger partial charge is 0.416 e. The van der Waals surface area contributed by atoms with E-state index in [2.05, 4.69) is 10.3 Å². The van der Waals surface area contributed by atoms with Gasteiger partial charge in [-0.05, 0) is 43.3 Å². The number of nitrogens with one attached hydrogen (secondary N) is 2. The SMILES string of the molecule is CC.CCOC(=O)CN=C(N)OC(=N)c1ccccc1Nc1ccc(C(F)(F)F)cc1. The Labute approximate surface area is 178 Å². The number of nitrogens with zero attached hydrogens (tertiary/aromatic N) is 1. The van der Waals surface area contributed by atoms with Crippen molar-refractivity contribution in [2.24, 2.45) is 10.7 Å². The highest BCUT2D eigenvalue weighted by atomic mass is 19.4. The van der Waals surface area contributed by atoms with Gasteiger partial charge in [0.15, 0.2) is 0 Å². The summed E-state index contributed by atoms with van der Waals surface area (Å²) >= 11 is 0. The lowest BCUT2D eigenvalue weighted by atomic mass is 10.1. The zero-order valence-electron chi connectivity index (χ0n) is 17.4. The Hall–Kier alpha value is -3.56. The summed E-state index contributed by atoms with van der Waals surface area (Å²) in [6, 6.07) is 10.6. The van der Waals surface area contributed by atoms with E-state index in [1.807, 2.05) is 13.8 Å². The average Bonchev–Trinajstić information content (AvgIpc) is 2.74. The minimum atomic E-state index is -4.42. The molecule has 10 heteroatoms. The number of hydrogen-bond acceptors (Lipinski definition) is 6. The number of rotatable bonds is 6. The molecule has 0 heterocycles. The van der Waals surface area contributed by atoms with E-state index in [4.69, 9.17) is 20.6 Å². The third kappa shape index (κ3) is 8.37. The van der Waals surface area contributed by atoms with Gasteiger partial charge in [0, 0.05) is 5.69 Å². The van der Waals surface area contributed by atoms with E-state index in [0.717, 1.165) is 12.1 Å². The molecule has 0 spiro atoms. The van der Waals surface area contributed by atoms with Gasteiger partial charge in [-0.2, -0.15) is 13.2 Å². The summed E-state index contributed by atoms with van der Waals surface area (Å²) in [5.41, 5.74) is 5.90. The number of anilines is 2. The van der Waals surface area contributed by atoms with Crippen LogP contribution in [-0.4, -0.2) is 31.0 Å². The van der Waals surface area contributed by atoms with Gasteiger partial charge in [0.2, 0.25) is 5.90 Å². The number of aliphatic imine (C=N–C) groups is 1. The second-order valence-corrected chi connectivity index (χ2v) is 5.64. The predicted molar refractivity (Wildman–Crippen MR) is 114 cm³/mol. The first-order chi connectivity index (χ1) is 14.7. The number of benzene rings is 2. The first kappa shape index (κ1) is 25.5. The number of alkyl halides is 3. The molecule has 0 aliphatic rings. The number of ether oxygens (including phenoxy) is 2. The van der Waals surface area contributed by atoms with Crippen molar-refractivity contribution in [3.8, 4) is 0 Å². The van der Waals surface area contributed by atoms with Crippen molar-refractivity contribution in [2.75, 3.05) is 18.5 Å². The minimum absolute atomic E-state index is 0.202. The number of esters is 1. The third-order valence-electron chi connectivity index (χ3n) is 3.54. The summed E-state index contributed by atoms with van der Waals surface area (Å²) in [5, 5.41) is 11.0. The highest BCUT2D eigenvalue weighted by Gasteiger charge is 2.29. The summed E-state index contributed by atoms with van der Waals surface area (Å²) in [6.07, 6.45) is -4.42. The van der Waals surface area contributed by atoms with E-state index in [1.165, 1.54) is 12.1 Å². The van der Waals surface area contributed by atoms with Crippen molar-refractivity contribution in [3.05, 3.63) is 59.7 Å². The first-order valence-corrected chi connectivity index (χ1v) is 9.46. The lowest BCUT2D eigenvalue weighted by molar-refractivity contribution is -0.141. The van der Waals surface area contributed by atoms with Crippen LogP contribution in [0.25, 0.3) is 0 Å². The van der Waals surface area contributed by atoms with Gasteiger partial charge >= 0.3 is 12.1 Å². The zero-order chi connectivity index (χ0) is 23.4. The fourth-order valence-electron chi connectivity index (χ4n) is 2.23. The molecule has 2 aromatic carbocycles. The molecule has 4 N–H and O–H groups in total. The molecule has 0 aliphatic heterocycles. The number of carbonyl (C=O) groups excluding carboxylic acids is 1. The van der Waals surface area contributed by atoms with Crippen LogP contribution in [0.5, 0.6) is 0 Å². The van der Waals surface area contributed by atoms with Gasteiger partial charge < -0.3 is 20.5 Å². The number of carbonyl (C=O) groups is 1. The molecular weight excluding hydrogens is 413 g/mol. The molecule has 0 unspecified atom stereocenters. The fraction of sp³-hybridized carbons (Fsp3) is 0.286. The van der Waals surface area contributed by atoms with Crippen molar-refractivity contribution in [3.63, 3.8) is 0 Å². The molecule has 2 rings (SSSR count). The molecule has 0 bridgehead atoms. The number of nitrogens with two attached hydrogens (primary N) is 1. The van der Waals surface area contributed by atoms with Crippen LogP contribution in [0.2, 0.25) is 0 Å². The Kier molecular flexibility index (Phi) is 10.0. The maximum atomic E-state index is 12.7. The molecule has 0 aromatic heterocycles. The van der Waals surface area contributed by atoms with E-state index in [0.29, 0.717) is 16.9 Å². The van der Waals surface area contributed by atoms with Crippen molar-refractivity contribution in [2.45, 2.75) is 26.9 Å². The van der Waals surface area contributed by atoms with E-state index >= 15 is 0 Å². The summed E-state index contributed by atoms with van der Waals surface area (Å²) in [6.45, 7) is 5.50. The molecule has 0 fully saturated rings. The predicted octanol–water partition coefficient (Wildman–Crippen LogP) is 4.69. The Morgan fingerprint density at radius 1 is 1.13 bits per heavy atom. The molecule has 2 aromatic rings. The molecule has 0 atom stereocenters. The Morgan fingerprint density at radius 2 is 1.74 bits per heavy atom. The molecule has 31 heavy (non-hydrogen) atoms. The highest BCUT2D eigenvalue weighted by molar-refractivity contribution is 6.03. The van der Waals surface area contributed by atoms with Gasteiger partial charge in [-0.1, -0.05) is 26.0 Å². The fourth-order valence-corrected chi connectivity index (χ4v) is 2.23. The molecule has 168 valence electrons. The van der Waals surface area contributed by atoms with Crippen molar-refractivity contribution >= 4 is 29.3 Å². The third-order valence-corrected chi connectivity index (χ3v) is 3.54. The first-order valence-electron chi connectivity index (χ1n) is 9.46. The second-order valence-electron chi connectivity index (χ2n) is 5.64. The molecule has 0 saturated carbocycles. The monoisotopic (exact) mass is 438 g/mol. The van der Waals surface area contributed by atoms with Gasteiger partial charge in [-0.15, -0.1) is 0 Å². The molecular formula is C21H25F3N4O3.